The van der Waals surface area contributed by atoms with Gasteiger partial charge in [-0.15, -0.1) is 0 Å². The molecule has 0 spiro atoms. The zero-order valence-electron chi connectivity index (χ0n) is 7.36. The molecule has 0 unspecified atom stereocenters. The van der Waals surface area contributed by atoms with Crippen molar-refractivity contribution in [1.82, 2.24) is 9.61 Å². The molecule has 14 heavy (non-hydrogen) atoms. The number of carboxylic acid groups (broad SMARTS) is 1. The summed E-state index contributed by atoms with van der Waals surface area (Å²) < 4.78 is 2.08. The number of carbonyl (C=O) groups is 1. The third-order valence-electron chi connectivity index (χ3n) is 1.92. The summed E-state index contributed by atoms with van der Waals surface area (Å²) in [5.41, 5.74) is 1.83. The van der Waals surface area contributed by atoms with E-state index < -0.39 is 5.97 Å². The largest absolute Gasteiger partial charge is 0.476 e. The van der Waals surface area contributed by atoms with Crippen LogP contribution in [0.5, 0.6) is 0 Å². The quantitative estimate of drug-likeness (QED) is 0.848. The van der Waals surface area contributed by atoms with Crippen LogP contribution in [0.2, 0.25) is 0 Å². The van der Waals surface area contributed by atoms with E-state index in [0.717, 1.165) is 11.1 Å². The van der Waals surface area contributed by atoms with Crippen molar-refractivity contribution >= 4 is 27.4 Å². The van der Waals surface area contributed by atoms with Gasteiger partial charge in [0.1, 0.15) is 0 Å². The topological polar surface area (TPSA) is 54.6 Å². The molecular weight excluding hydrogens is 248 g/mol. The van der Waals surface area contributed by atoms with Gasteiger partial charge in [0.25, 0.3) is 0 Å². The van der Waals surface area contributed by atoms with Gasteiger partial charge in [-0.25, -0.2) is 9.31 Å². The zero-order valence-corrected chi connectivity index (χ0v) is 8.95. The molecule has 0 amide bonds. The molecule has 1 N–H and O–H groups in total. The highest BCUT2D eigenvalue weighted by Crippen LogP contribution is 2.22. The summed E-state index contributed by atoms with van der Waals surface area (Å²) in [6, 6.07) is 3.74. The molecule has 0 bridgehead atoms. The van der Waals surface area contributed by atoms with Crippen molar-refractivity contribution < 1.29 is 9.90 Å². The summed E-state index contributed by atoms with van der Waals surface area (Å²) in [5.74, 6) is -1.03. The second-order valence-electron chi connectivity index (χ2n) is 3.00. The third kappa shape index (κ3) is 1.29. The van der Waals surface area contributed by atoms with Gasteiger partial charge in [-0.3, -0.25) is 0 Å². The van der Waals surface area contributed by atoms with E-state index in [0.29, 0.717) is 4.47 Å². The Kier molecular flexibility index (Phi) is 2.03. The van der Waals surface area contributed by atoms with Gasteiger partial charge in [0.05, 0.1) is 9.99 Å². The normalized spacial score (nSPS) is 10.7. The van der Waals surface area contributed by atoms with Crippen LogP contribution in [0.3, 0.4) is 0 Å². The maximum absolute atomic E-state index is 10.8. The Bertz CT molecular complexity index is 519. The molecule has 72 valence electrons. The second kappa shape index (κ2) is 3.09. The predicted octanol–water partition coefficient (Wildman–Crippen LogP) is 2.10. The minimum Gasteiger partial charge on any atom is -0.476 e. The Morgan fingerprint density at radius 2 is 2.29 bits per heavy atom. The number of rotatable bonds is 1. The number of hydrogen-bond acceptors (Lipinski definition) is 2. The van der Waals surface area contributed by atoms with E-state index in [1.807, 2.05) is 19.1 Å². The molecule has 0 aromatic carbocycles. The maximum atomic E-state index is 10.8. The molecule has 5 heteroatoms. The molecule has 0 atom stereocenters. The van der Waals surface area contributed by atoms with E-state index in [4.69, 9.17) is 5.11 Å². The van der Waals surface area contributed by atoms with Crippen LogP contribution in [0.25, 0.3) is 5.52 Å². The molecule has 0 aliphatic carbocycles. The smallest absolute Gasteiger partial charge is 0.357 e. The van der Waals surface area contributed by atoms with Crippen LogP contribution in [0, 0.1) is 6.92 Å². The van der Waals surface area contributed by atoms with Crippen LogP contribution in [0.1, 0.15) is 16.1 Å². The van der Waals surface area contributed by atoms with Crippen molar-refractivity contribution in [2.45, 2.75) is 6.92 Å². The van der Waals surface area contributed by atoms with Gasteiger partial charge in [-0.1, -0.05) is 6.07 Å². The van der Waals surface area contributed by atoms with Gasteiger partial charge >= 0.3 is 5.97 Å². The summed E-state index contributed by atoms with van der Waals surface area (Å²) in [5, 5.41) is 12.8. The number of pyridine rings is 1. The third-order valence-corrected chi connectivity index (χ3v) is 2.70. The fourth-order valence-electron chi connectivity index (χ4n) is 1.26. The zero-order chi connectivity index (χ0) is 10.3. The molecule has 0 fully saturated rings. The summed E-state index contributed by atoms with van der Waals surface area (Å²) in [4.78, 5) is 10.8. The van der Waals surface area contributed by atoms with Crippen molar-refractivity contribution in [2.75, 3.05) is 0 Å². The van der Waals surface area contributed by atoms with Crippen LogP contribution < -0.4 is 0 Å². The van der Waals surface area contributed by atoms with E-state index >= 15 is 0 Å². The number of hydrogen-bond donors (Lipinski definition) is 1. The molecule has 0 radical (unpaired) electrons. The number of carboxylic acids is 1. The van der Waals surface area contributed by atoms with Crippen LogP contribution in [-0.2, 0) is 0 Å². The average Bonchev–Trinajstić information content (AvgIpc) is 2.43. The lowest BCUT2D eigenvalue weighted by Gasteiger charge is -1.93. The first-order valence-electron chi connectivity index (χ1n) is 3.97. The molecule has 0 aliphatic rings. The molecular formula is C9H7BrN2O2. The second-order valence-corrected chi connectivity index (χ2v) is 3.80. The highest BCUT2D eigenvalue weighted by Gasteiger charge is 2.15. The van der Waals surface area contributed by atoms with Crippen LogP contribution in [0.4, 0.5) is 0 Å². The summed E-state index contributed by atoms with van der Waals surface area (Å²) >= 11 is 3.21. The lowest BCUT2D eigenvalue weighted by atomic mass is 10.3. The lowest BCUT2D eigenvalue weighted by molar-refractivity contribution is 0.0689. The van der Waals surface area contributed by atoms with Crippen molar-refractivity contribution in [3.05, 3.63) is 34.1 Å². The minimum absolute atomic E-state index is 0.0376. The van der Waals surface area contributed by atoms with Gasteiger partial charge in [-0.05, 0) is 34.5 Å². The maximum Gasteiger partial charge on any atom is 0.357 e. The Morgan fingerprint density at radius 3 is 2.93 bits per heavy atom. The highest BCUT2D eigenvalue weighted by molar-refractivity contribution is 9.10. The fraction of sp³-hybridized carbons (Fsp3) is 0.111. The van der Waals surface area contributed by atoms with E-state index in [1.54, 1.807) is 10.7 Å². The highest BCUT2D eigenvalue weighted by atomic mass is 79.9. The standard InChI is InChI=1S/C9H7BrN2O2/c1-5-2-3-6-7(10)8(9(13)14)11-12(6)4-5/h2-4H,1H3,(H,13,14). The van der Waals surface area contributed by atoms with Crippen molar-refractivity contribution in [3.8, 4) is 0 Å². The molecule has 0 saturated heterocycles. The number of halogens is 1. The molecule has 2 rings (SSSR count). The van der Waals surface area contributed by atoms with E-state index in [2.05, 4.69) is 21.0 Å². The number of aromatic nitrogens is 2. The van der Waals surface area contributed by atoms with E-state index in [9.17, 15) is 4.79 Å². The van der Waals surface area contributed by atoms with E-state index in [-0.39, 0.29) is 5.69 Å². The first-order chi connectivity index (χ1) is 6.59. The number of aromatic carboxylic acids is 1. The summed E-state index contributed by atoms with van der Waals surface area (Å²) in [6.07, 6.45) is 1.78. The summed E-state index contributed by atoms with van der Waals surface area (Å²) in [7, 11) is 0. The fourth-order valence-corrected chi connectivity index (χ4v) is 1.82. The van der Waals surface area contributed by atoms with Crippen LogP contribution in [0.15, 0.2) is 22.8 Å². The van der Waals surface area contributed by atoms with Gasteiger partial charge < -0.3 is 5.11 Å². The SMILES string of the molecule is Cc1ccc2c(Br)c(C(=O)O)nn2c1. The molecule has 2 aromatic heterocycles. The van der Waals surface area contributed by atoms with Gasteiger partial charge in [0, 0.05) is 6.20 Å². The summed E-state index contributed by atoms with van der Waals surface area (Å²) in [6.45, 7) is 1.93. The monoisotopic (exact) mass is 254 g/mol. The first kappa shape index (κ1) is 9.21. The molecule has 0 saturated carbocycles. The number of aryl methyl sites for hydroxylation is 1. The minimum atomic E-state index is -1.03. The van der Waals surface area contributed by atoms with E-state index in [1.165, 1.54) is 0 Å². The van der Waals surface area contributed by atoms with Crippen molar-refractivity contribution in [1.29, 1.82) is 0 Å². The Labute approximate surface area is 88.3 Å². The Morgan fingerprint density at radius 1 is 1.57 bits per heavy atom. The first-order valence-corrected chi connectivity index (χ1v) is 4.76. The molecule has 4 nitrogen and oxygen atoms in total. The molecule has 0 aliphatic heterocycles. The van der Waals surface area contributed by atoms with Crippen molar-refractivity contribution in [3.63, 3.8) is 0 Å². The predicted molar refractivity (Wildman–Crippen MR) is 54.6 cm³/mol. The lowest BCUT2D eigenvalue weighted by Crippen LogP contribution is -1.98. The van der Waals surface area contributed by atoms with Crippen molar-refractivity contribution in [2.24, 2.45) is 0 Å². The van der Waals surface area contributed by atoms with Gasteiger partial charge in [-0.2, -0.15) is 5.10 Å². The molecule has 2 aromatic rings. The molecule has 2 heterocycles. The van der Waals surface area contributed by atoms with Crippen LogP contribution >= 0.6 is 15.9 Å². The Balaban J connectivity index is 2.79. The van der Waals surface area contributed by atoms with Gasteiger partial charge in [0.2, 0.25) is 0 Å². The average molecular weight is 255 g/mol. The Hall–Kier alpha value is -1.36. The van der Waals surface area contributed by atoms with Gasteiger partial charge in [0.15, 0.2) is 5.69 Å². The number of fused-ring (bicyclic) bond motifs is 1. The number of nitrogens with zero attached hydrogens (tertiary/aromatic N) is 2. The van der Waals surface area contributed by atoms with Crippen LogP contribution in [-0.4, -0.2) is 20.7 Å².